The first-order chi connectivity index (χ1) is 23.3. The number of aliphatic hydroxyl groups is 1. The number of rotatable bonds is 23. The van der Waals surface area contributed by atoms with E-state index in [-0.39, 0.29) is 24.7 Å². The Bertz CT molecular complexity index is 1160. The summed E-state index contributed by atoms with van der Waals surface area (Å²) < 4.78 is 18.3. The minimum absolute atomic E-state index is 0.00757. The molecule has 8 nitrogen and oxygen atoms in total. The summed E-state index contributed by atoms with van der Waals surface area (Å²) in [7, 11) is 0. The number of amides is 1. The first-order valence-electron chi connectivity index (χ1n) is 18.6. The average molecular weight is 667 g/mol. The first kappa shape index (κ1) is 39.7. The highest BCUT2D eigenvalue weighted by Gasteiger charge is 2.33. The summed E-state index contributed by atoms with van der Waals surface area (Å²) in [4.78, 5) is 26.1. The molecule has 0 radical (unpaired) electrons. The van der Waals surface area contributed by atoms with Crippen LogP contribution in [-0.4, -0.2) is 53.7 Å². The maximum Gasteiger partial charge on any atom is 0.303 e. The molecule has 1 saturated heterocycles. The summed E-state index contributed by atoms with van der Waals surface area (Å²) in [5, 5.41) is 12.4. The Hall–Kier alpha value is -2.78. The van der Waals surface area contributed by atoms with Gasteiger partial charge in [-0.05, 0) is 49.5 Å². The van der Waals surface area contributed by atoms with E-state index in [0.29, 0.717) is 6.54 Å². The second-order valence-corrected chi connectivity index (χ2v) is 13.4. The van der Waals surface area contributed by atoms with Crippen LogP contribution in [0.3, 0.4) is 0 Å². The number of carbonyl (C=O) groups excluding carboxylic acids is 2. The zero-order chi connectivity index (χ0) is 34.6. The Balaban J connectivity index is 1.69. The maximum atomic E-state index is 12.3. The molecule has 1 amide bonds. The van der Waals surface area contributed by atoms with Crippen LogP contribution in [0.4, 0.5) is 0 Å². The van der Waals surface area contributed by atoms with Crippen LogP contribution in [0.25, 0.3) is 0 Å². The van der Waals surface area contributed by atoms with Gasteiger partial charge in [0.15, 0.2) is 12.4 Å². The molecule has 2 N–H and O–H groups in total. The summed E-state index contributed by atoms with van der Waals surface area (Å²) in [5.74, 6) is -0.819. The molecule has 0 spiro atoms. The monoisotopic (exact) mass is 666 g/mol. The predicted octanol–water partition coefficient (Wildman–Crippen LogP) is 8.32. The Morgan fingerprint density at radius 1 is 0.812 bits per heavy atom. The number of hydrogen-bond donors (Lipinski definition) is 2. The van der Waals surface area contributed by atoms with Gasteiger partial charge >= 0.3 is 5.97 Å². The Morgan fingerprint density at radius 2 is 1.35 bits per heavy atom. The Morgan fingerprint density at radius 3 is 1.92 bits per heavy atom. The van der Waals surface area contributed by atoms with Crippen LogP contribution >= 0.6 is 0 Å². The van der Waals surface area contributed by atoms with Crippen LogP contribution in [0.1, 0.15) is 146 Å². The van der Waals surface area contributed by atoms with Gasteiger partial charge in [0.2, 0.25) is 0 Å². The lowest BCUT2D eigenvalue weighted by Crippen LogP contribution is -2.40. The summed E-state index contributed by atoms with van der Waals surface area (Å²) in [6.45, 7) is 10.8. The van der Waals surface area contributed by atoms with E-state index in [1.165, 1.54) is 84.0 Å². The number of benzene rings is 2. The van der Waals surface area contributed by atoms with E-state index in [0.717, 1.165) is 48.3 Å². The van der Waals surface area contributed by atoms with E-state index >= 15 is 0 Å². The van der Waals surface area contributed by atoms with Gasteiger partial charge in [-0.1, -0.05) is 127 Å². The molecule has 3 rings (SSSR count). The van der Waals surface area contributed by atoms with Crippen LogP contribution in [-0.2, 0) is 37.0 Å². The highest BCUT2D eigenvalue weighted by Crippen LogP contribution is 2.38. The SMILES string of the molecule is CCCCCCCCN(CCCCCCCC)C[C@@H]1C[C@H](c2ccc(CO)cc2)O[C@H](c2ccc(CNC(=O)[C@H](C)OC(C)=O)cc2)O1. The van der Waals surface area contributed by atoms with Gasteiger partial charge in [-0.2, -0.15) is 0 Å². The molecule has 2 aromatic rings. The highest BCUT2D eigenvalue weighted by molar-refractivity contribution is 5.82. The highest BCUT2D eigenvalue weighted by atomic mass is 16.7. The van der Waals surface area contributed by atoms with E-state index in [9.17, 15) is 14.7 Å². The molecular formula is C40H62N2O6. The summed E-state index contributed by atoms with van der Waals surface area (Å²) in [6, 6.07) is 16.0. The lowest BCUT2D eigenvalue weighted by molar-refractivity contribution is -0.253. The molecule has 0 unspecified atom stereocenters. The van der Waals surface area contributed by atoms with E-state index in [1.54, 1.807) is 6.92 Å². The third kappa shape index (κ3) is 14.8. The van der Waals surface area contributed by atoms with E-state index < -0.39 is 18.4 Å². The second kappa shape index (κ2) is 22.8. The molecular weight excluding hydrogens is 604 g/mol. The number of unbranched alkanes of at least 4 members (excludes halogenated alkanes) is 10. The predicted molar refractivity (Wildman–Crippen MR) is 191 cm³/mol. The van der Waals surface area contributed by atoms with Crippen LogP contribution in [0.5, 0.6) is 0 Å². The van der Waals surface area contributed by atoms with Crippen molar-refractivity contribution in [2.24, 2.45) is 0 Å². The standard InChI is InChI=1S/C40H62N2O6/c1-5-7-9-11-13-15-25-42(26-16-14-12-10-8-6-2)29-37-27-38(35-21-19-34(30-43)20-22-35)48-40(47-37)36-23-17-33(18-24-36)28-41-39(45)31(3)46-32(4)44/h17-24,31,37-38,40,43H,5-16,25-30H2,1-4H3,(H,41,45)/t31-,37-,38+,40+/m0/s1. The normalized spacial score (nSPS) is 18.5. The molecule has 1 heterocycles. The van der Waals surface area contributed by atoms with Crippen LogP contribution in [0, 0.1) is 0 Å². The fourth-order valence-corrected chi connectivity index (χ4v) is 6.27. The number of aliphatic hydroxyl groups excluding tert-OH is 1. The van der Waals surface area contributed by atoms with E-state index in [2.05, 4.69) is 36.2 Å². The molecule has 0 aromatic heterocycles. The fraction of sp³-hybridized carbons (Fsp3) is 0.650. The third-order valence-corrected chi connectivity index (χ3v) is 9.16. The summed E-state index contributed by atoms with van der Waals surface area (Å²) >= 11 is 0. The van der Waals surface area contributed by atoms with Crippen LogP contribution < -0.4 is 5.32 Å². The minimum Gasteiger partial charge on any atom is -0.453 e. The number of carbonyl (C=O) groups is 2. The molecule has 4 atom stereocenters. The van der Waals surface area contributed by atoms with Crippen molar-refractivity contribution in [3.8, 4) is 0 Å². The van der Waals surface area contributed by atoms with Gasteiger partial charge < -0.3 is 29.5 Å². The van der Waals surface area contributed by atoms with E-state index in [1.807, 2.05) is 36.4 Å². The summed E-state index contributed by atoms with van der Waals surface area (Å²) in [6.07, 6.45) is 14.7. The summed E-state index contributed by atoms with van der Waals surface area (Å²) in [5.41, 5.74) is 3.83. The smallest absolute Gasteiger partial charge is 0.303 e. The van der Waals surface area contributed by atoms with Crippen molar-refractivity contribution in [1.82, 2.24) is 10.2 Å². The number of hydrogen-bond acceptors (Lipinski definition) is 7. The Labute approximate surface area is 289 Å². The number of nitrogens with one attached hydrogen (secondary N) is 1. The molecule has 0 saturated carbocycles. The maximum absolute atomic E-state index is 12.3. The molecule has 1 aliphatic rings. The first-order valence-corrected chi connectivity index (χ1v) is 18.6. The lowest BCUT2D eigenvalue weighted by Gasteiger charge is -2.38. The number of nitrogens with zero attached hydrogens (tertiary/aromatic N) is 1. The van der Waals surface area contributed by atoms with Crippen molar-refractivity contribution in [2.75, 3.05) is 19.6 Å². The topological polar surface area (TPSA) is 97.3 Å². The number of ether oxygens (including phenoxy) is 3. The molecule has 48 heavy (non-hydrogen) atoms. The van der Waals surface area contributed by atoms with E-state index in [4.69, 9.17) is 14.2 Å². The second-order valence-electron chi connectivity index (χ2n) is 13.4. The van der Waals surface area contributed by atoms with Crippen LogP contribution in [0.2, 0.25) is 0 Å². The molecule has 2 aromatic carbocycles. The average Bonchev–Trinajstić information content (AvgIpc) is 3.09. The third-order valence-electron chi connectivity index (χ3n) is 9.16. The zero-order valence-corrected chi connectivity index (χ0v) is 30.1. The molecule has 8 heteroatoms. The molecule has 0 bridgehead atoms. The van der Waals surface area contributed by atoms with Gasteiger partial charge in [-0.15, -0.1) is 0 Å². The molecule has 1 aliphatic heterocycles. The fourth-order valence-electron chi connectivity index (χ4n) is 6.27. The van der Waals surface area contributed by atoms with Gasteiger partial charge in [0, 0.05) is 32.0 Å². The van der Waals surface area contributed by atoms with Gasteiger partial charge in [-0.3, -0.25) is 9.59 Å². The van der Waals surface area contributed by atoms with Crippen molar-refractivity contribution in [1.29, 1.82) is 0 Å². The molecule has 268 valence electrons. The zero-order valence-electron chi connectivity index (χ0n) is 30.1. The quantitative estimate of drug-likeness (QED) is 0.0910. The van der Waals surface area contributed by atoms with Crippen LogP contribution in [0.15, 0.2) is 48.5 Å². The molecule has 1 fully saturated rings. The molecule has 0 aliphatic carbocycles. The van der Waals surface area contributed by atoms with Gasteiger partial charge in [0.05, 0.1) is 18.8 Å². The van der Waals surface area contributed by atoms with Gasteiger partial charge in [-0.25, -0.2) is 0 Å². The van der Waals surface area contributed by atoms with Crippen molar-refractivity contribution in [3.05, 3.63) is 70.8 Å². The largest absolute Gasteiger partial charge is 0.453 e. The lowest BCUT2D eigenvalue weighted by atomic mass is 9.99. The van der Waals surface area contributed by atoms with Crippen molar-refractivity contribution < 1.29 is 28.9 Å². The van der Waals surface area contributed by atoms with Gasteiger partial charge in [0.1, 0.15) is 0 Å². The van der Waals surface area contributed by atoms with Crippen molar-refractivity contribution in [2.45, 2.75) is 149 Å². The van der Waals surface area contributed by atoms with Crippen molar-refractivity contribution in [3.63, 3.8) is 0 Å². The Kier molecular flexibility index (Phi) is 18.8. The van der Waals surface area contributed by atoms with Crippen molar-refractivity contribution >= 4 is 11.9 Å². The van der Waals surface area contributed by atoms with Gasteiger partial charge in [0.25, 0.3) is 5.91 Å². The number of esters is 1. The minimum atomic E-state index is -0.840.